The van der Waals surface area contributed by atoms with E-state index in [9.17, 15) is 14.1 Å². The SMILES string of the molecule is Cc1nc(NC(=O)N2CCC[C@H]2C(N)=O)sc1-c1ccnc([S+](C)[O-])n1. The number of nitrogens with zero attached hydrogens (tertiary/aromatic N) is 4. The molecule has 2 aromatic heterocycles. The zero-order chi connectivity index (χ0) is 18.8. The fourth-order valence-corrected chi connectivity index (χ4v) is 4.12. The lowest BCUT2D eigenvalue weighted by molar-refractivity contribution is -0.121. The second-order valence-electron chi connectivity index (χ2n) is 5.80. The van der Waals surface area contributed by atoms with Gasteiger partial charge in [0, 0.05) is 23.9 Å². The molecule has 3 amide bonds. The summed E-state index contributed by atoms with van der Waals surface area (Å²) in [6.45, 7) is 2.28. The van der Waals surface area contributed by atoms with E-state index in [1.54, 1.807) is 13.0 Å². The minimum absolute atomic E-state index is 0.238. The van der Waals surface area contributed by atoms with Crippen molar-refractivity contribution >= 4 is 39.6 Å². The van der Waals surface area contributed by atoms with Gasteiger partial charge in [0.25, 0.3) is 0 Å². The van der Waals surface area contributed by atoms with Gasteiger partial charge < -0.3 is 15.2 Å². The molecule has 0 saturated carbocycles. The third-order valence-electron chi connectivity index (χ3n) is 3.98. The van der Waals surface area contributed by atoms with Crippen LogP contribution in [0.25, 0.3) is 10.6 Å². The predicted molar refractivity (Wildman–Crippen MR) is 98.2 cm³/mol. The van der Waals surface area contributed by atoms with Crippen molar-refractivity contribution in [2.24, 2.45) is 5.73 Å². The summed E-state index contributed by atoms with van der Waals surface area (Å²) < 4.78 is 11.6. The van der Waals surface area contributed by atoms with Gasteiger partial charge in [-0.1, -0.05) is 11.3 Å². The second-order valence-corrected chi connectivity index (χ2v) is 8.07. The number of aryl methyl sites for hydroxylation is 1. The van der Waals surface area contributed by atoms with Gasteiger partial charge in [-0.15, -0.1) is 0 Å². The third-order valence-corrected chi connectivity index (χ3v) is 5.78. The molecule has 1 unspecified atom stereocenters. The fourth-order valence-electron chi connectivity index (χ4n) is 2.76. The molecule has 1 saturated heterocycles. The van der Waals surface area contributed by atoms with Crippen molar-refractivity contribution in [1.29, 1.82) is 0 Å². The van der Waals surface area contributed by atoms with E-state index in [0.717, 1.165) is 11.3 Å². The minimum atomic E-state index is -1.29. The van der Waals surface area contributed by atoms with Gasteiger partial charge in [0.05, 0.1) is 16.3 Å². The first kappa shape index (κ1) is 18.5. The monoisotopic (exact) mass is 394 g/mol. The number of thiazole rings is 1. The zero-order valence-corrected chi connectivity index (χ0v) is 15.9. The Hall–Kier alpha value is -2.24. The van der Waals surface area contributed by atoms with Crippen molar-refractivity contribution in [2.75, 3.05) is 18.1 Å². The number of primary amides is 1. The highest BCUT2D eigenvalue weighted by molar-refractivity contribution is 7.90. The van der Waals surface area contributed by atoms with Crippen LogP contribution in [0, 0.1) is 6.92 Å². The van der Waals surface area contributed by atoms with E-state index < -0.39 is 29.2 Å². The summed E-state index contributed by atoms with van der Waals surface area (Å²) in [5, 5.41) is 3.36. The minimum Gasteiger partial charge on any atom is -0.609 e. The van der Waals surface area contributed by atoms with Gasteiger partial charge in [0.1, 0.15) is 12.3 Å². The number of nitrogens with one attached hydrogen (secondary N) is 1. The number of likely N-dealkylation sites (tertiary alicyclic amines) is 1. The van der Waals surface area contributed by atoms with E-state index in [4.69, 9.17) is 5.73 Å². The number of nitrogens with two attached hydrogens (primary N) is 1. The summed E-state index contributed by atoms with van der Waals surface area (Å²) in [6.07, 6.45) is 4.36. The topological polar surface area (TPSA) is 137 Å². The van der Waals surface area contributed by atoms with Gasteiger partial charge >= 0.3 is 11.2 Å². The van der Waals surface area contributed by atoms with Crippen LogP contribution in [0.15, 0.2) is 17.4 Å². The molecule has 0 bridgehead atoms. The van der Waals surface area contributed by atoms with Gasteiger partial charge in [-0.3, -0.25) is 10.1 Å². The first-order valence-electron chi connectivity index (χ1n) is 7.88. The molecule has 0 radical (unpaired) electrons. The Morgan fingerprint density at radius 2 is 2.23 bits per heavy atom. The number of rotatable bonds is 4. The fraction of sp³-hybridized carbons (Fsp3) is 0.400. The summed E-state index contributed by atoms with van der Waals surface area (Å²) in [4.78, 5) is 38.7. The number of aromatic nitrogens is 3. The third kappa shape index (κ3) is 3.79. The molecule has 11 heteroatoms. The molecule has 0 aliphatic carbocycles. The molecule has 2 atom stereocenters. The molecule has 0 aromatic carbocycles. The van der Waals surface area contributed by atoms with E-state index in [1.165, 1.54) is 28.7 Å². The van der Waals surface area contributed by atoms with E-state index in [2.05, 4.69) is 20.3 Å². The summed E-state index contributed by atoms with van der Waals surface area (Å²) in [7, 11) is 0. The van der Waals surface area contributed by atoms with Crippen molar-refractivity contribution in [2.45, 2.75) is 31.0 Å². The molecular weight excluding hydrogens is 376 g/mol. The molecule has 2 aromatic rings. The summed E-state index contributed by atoms with van der Waals surface area (Å²) in [6, 6.07) is 0.718. The Bertz CT molecular complexity index is 841. The molecular formula is C15H18N6O3S2. The average molecular weight is 394 g/mol. The number of urea groups is 1. The lowest BCUT2D eigenvalue weighted by Gasteiger charge is -2.21. The first-order valence-corrected chi connectivity index (χ1v) is 10.3. The van der Waals surface area contributed by atoms with Gasteiger partial charge in [-0.2, -0.15) is 9.97 Å². The largest absolute Gasteiger partial charge is 0.609 e. The van der Waals surface area contributed by atoms with E-state index in [1.807, 2.05) is 0 Å². The van der Waals surface area contributed by atoms with Crippen LogP contribution in [0.1, 0.15) is 18.5 Å². The summed E-state index contributed by atoms with van der Waals surface area (Å²) in [5.74, 6) is -0.505. The highest BCUT2D eigenvalue weighted by Gasteiger charge is 2.33. The number of hydrogen-bond acceptors (Lipinski definition) is 7. The molecule has 1 fully saturated rings. The molecule has 1 aliphatic heterocycles. The number of hydrogen-bond donors (Lipinski definition) is 2. The first-order chi connectivity index (χ1) is 12.4. The van der Waals surface area contributed by atoms with Crippen molar-refractivity contribution in [3.05, 3.63) is 18.0 Å². The van der Waals surface area contributed by atoms with E-state index in [-0.39, 0.29) is 5.16 Å². The normalized spacial score (nSPS) is 18.0. The molecule has 3 N–H and O–H groups in total. The average Bonchev–Trinajstić information content (AvgIpc) is 3.21. The van der Waals surface area contributed by atoms with Gasteiger partial charge in [-0.05, 0) is 25.8 Å². The molecule has 1 aliphatic rings. The lowest BCUT2D eigenvalue weighted by atomic mass is 10.2. The van der Waals surface area contributed by atoms with E-state index >= 15 is 0 Å². The summed E-state index contributed by atoms with van der Waals surface area (Å²) in [5.41, 5.74) is 6.63. The maximum atomic E-state index is 12.4. The highest BCUT2D eigenvalue weighted by atomic mass is 32.2. The van der Waals surface area contributed by atoms with Crippen molar-refractivity contribution < 1.29 is 14.1 Å². The van der Waals surface area contributed by atoms with Crippen LogP contribution < -0.4 is 11.1 Å². The molecule has 138 valence electrons. The van der Waals surface area contributed by atoms with Crippen LogP contribution in [0.5, 0.6) is 0 Å². The molecule has 3 rings (SSSR count). The number of carbonyl (C=O) groups excluding carboxylic acids is 2. The number of carbonyl (C=O) groups is 2. The Morgan fingerprint density at radius 3 is 2.92 bits per heavy atom. The Labute approximate surface area is 157 Å². The lowest BCUT2D eigenvalue weighted by Crippen LogP contribution is -2.45. The predicted octanol–water partition coefficient (Wildman–Crippen LogP) is 1.13. The van der Waals surface area contributed by atoms with Crippen LogP contribution in [0.4, 0.5) is 9.93 Å². The molecule has 9 nitrogen and oxygen atoms in total. The maximum Gasteiger partial charge on any atom is 0.342 e. The van der Waals surface area contributed by atoms with Crippen LogP contribution in [-0.4, -0.2) is 55.2 Å². The summed E-state index contributed by atoms with van der Waals surface area (Å²) >= 11 is -0.0358. The highest BCUT2D eigenvalue weighted by Crippen LogP contribution is 2.32. The quantitative estimate of drug-likeness (QED) is 0.589. The van der Waals surface area contributed by atoms with Gasteiger partial charge in [0.2, 0.25) is 5.91 Å². The van der Waals surface area contributed by atoms with E-state index in [0.29, 0.717) is 29.5 Å². The Balaban J connectivity index is 1.79. The Morgan fingerprint density at radius 1 is 1.46 bits per heavy atom. The van der Waals surface area contributed by atoms with Gasteiger partial charge in [-0.25, -0.2) is 9.78 Å². The zero-order valence-electron chi connectivity index (χ0n) is 14.3. The smallest absolute Gasteiger partial charge is 0.342 e. The maximum absolute atomic E-state index is 12.4. The second kappa shape index (κ2) is 7.56. The van der Waals surface area contributed by atoms with Crippen LogP contribution in [-0.2, 0) is 16.0 Å². The molecule has 3 heterocycles. The van der Waals surface area contributed by atoms with Crippen molar-refractivity contribution in [1.82, 2.24) is 19.9 Å². The number of anilines is 1. The van der Waals surface area contributed by atoms with Crippen LogP contribution in [0.3, 0.4) is 0 Å². The standard InChI is InChI=1S/C15H18N6O3S2/c1-8-11(9-5-6-17-14(19-9)26(2)24)25-13(18-8)20-15(23)21-7-3-4-10(21)12(16)22/h5-6,10H,3-4,7H2,1-2H3,(H2,16,22)(H,18,20,23)/t10-,26?/m0/s1. The Kier molecular flexibility index (Phi) is 5.39. The van der Waals surface area contributed by atoms with Crippen LogP contribution in [0.2, 0.25) is 0 Å². The number of amides is 3. The molecule has 0 spiro atoms. The molecule has 26 heavy (non-hydrogen) atoms. The van der Waals surface area contributed by atoms with Crippen molar-refractivity contribution in [3.8, 4) is 10.6 Å². The van der Waals surface area contributed by atoms with Crippen LogP contribution >= 0.6 is 11.3 Å². The van der Waals surface area contributed by atoms with Gasteiger partial charge in [0.15, 0.2) is 5.13 Å². The van der Waals surface area contributed by atoms with Crippen molar-refractivity contribution in [3.63, 3.8) is 0 Å².